The molecule has 1 heterocycles. The van der Waals surface area contributed by atoms with E-state index < -0.39 is 40.2 Å². The van der Waals surface area contributed by atoms with Crippen molar-refractivity contribution in [3.05, 3.63) is 73.8 Å². The summed E-state index contributed by atoms with van der Waals surface area (Å²) >= 11 is 19.4. The Balaban J connectivity index is 1.78. The Hall–Kier alpha value is -2.01. The molecule has 2 fully saturated rings. The lowest BCUT2D eigenvalue weighted by Gasteiger charge is -2.31. The molecule has 1 saturated carbocycles. The third kappa shape index (κ3) is 4.60. The second kappa shape index (κ2) is 9.93. The first-order valence-corrected chi connectivity index (χ1v) is 12.8. The monoisotopic (exact) mass is 631 g/mol. The number of imide groups is 1. The lowest BCUT2D eigenvalue weighted by atomic mass is 9.81. The number of hydrogen-bond donors (Lipinski definition) is 0. The van der Waals surface area contributed by atoms with E-state index in [2.05, 4.69) is 31.9 Å². The van der Waals surface area contributed by atoms with Gasteiger partial charge in [0, 0.05) is 25.8 Å². The van der Waals surface area contributed by atoms with Crippen LogP contribution >= 0.6 is 55.1 Å². The quantitative estimate of drug-likeness (QED) is 0.190. The van der Waals surface area contributed by atoms with E-state index in [9.17, 15) is 24.5 Å². The average Bonchev–Trinajstić information content (AvgIpc) is 3.02. The fourth-order valence-electron chi connectivity index (χ4n) is 4.31. The Morgan fingerprint density at radius 2 is 1.65 bits per heavy atom. The Morgan fingerprint density at radius 1 is 1.06 bits per heavy atom. The highest BCUT2D eigenvalue weighted by Crippen LogP contribution is 2.44. The van der Waals surface area contributed by atoms with Crippen molar-refractivity contribution in [3.63, 3.8) is 0 Å². The second-order valence-electron chi connectivity index (χ2n) is 8.08. The number of hydrazine groups is 1. The Bertz CT molecular complexity index is 1170. The molecule has 1 saturated heterocycles. The predicted molar refractivity (Wildman–Crippen MR) is 133 cm³/mol. The van der Waals surface area contributed by atoms with Crippen LogP contribution in [0.2, 0.25) is 10.0 Å². The van der Waals surface area contributed by atoms with Gasteiger partial charge in [-0.05, 0) is 36.6 Å². The third-order valence-electron chi connectivity index (χ3n) is 6.03. The molecule has 0 spiro atoms. The maximum Gasteiger partial charge on any atom is 0.282 e. The number of rotatable bonds is 5. The van der Waals surface area contributed by atoms with Crippen LogP contribution in [0.5, 0.6) is 0 Å². The van der Waals surface area contributed by atoms with Gasteiger partial charge in [-0.3, -0.25) is 24.5 Å². The number of nitro benzene ring substituents is 1. The first-order chi connectivity index (χ1) is 16.1. The molecule has 4 atom stereocenters. The highest BCUT2D eigenvalue weighted by atomic mass is 79.9. The van der Waals surface area contributed by atoms with E-state index in [0.29, 0.717) is 23.4 Å². The van der Waals surface area contributed by atoms with E-state index in [-0.39, 0.29) is 26.8 Å². The van der Waals surface area contributed by atoms with E-state index in [1.165, 1.54) is 30.3 Å². The van der Waals surface area contributed by atoms with Crippen molar-refractivity contribution in [3.8, 4) is 0 Å². The van der Waals surface area contributed by atoms with E-state index in [4.69, 9.17) is 23.2 Å². The van der Waals surface area contributed by atoms with E-state index in [1.807, 2.05) is 0 Å². The van der Waals surface area contributed by atoms with E-state index in [1.54, 1.807) is 12.1 Å². The van der Waals surface area contributed by atoms with Crippen molar-refractivity contribution in [2.24, 2.45) is 11.8 Å². The SMILES string of the molecule is O=C(c1ccccc1[N+](=O)[O-])N(Cc1ccc(Cl)cc1Cl)N1C(=O)[C@H]2C[C@H](Br)[C@@H](Br)C[C@H]2C1=O. The first kappa shape index (κ1) is 25.1. The average molecular weight is 634 g/mol. The number of fused-ring (bicyclic) bond motifs is 1. The van der Waals surface area contributed by atoms with Crippen molar-refractivity contribution in [2.45, 2.75) is 29.0 Å². The van der Waals surface area contributed by atoms with Crippen molar-refractivity contribution in [1.29, 1.82) is 0 Å². The van der Waals surface area contributed by atoms with Crippen molar-refractivity contribution in [1.82, 2.24) is 10.0 Å². The fraction of sp³-hybridized carbons (Fsp3) is 0.318. The van der Waals surface area contributed by atoms with Crippen LogP contribution in [0.1, 0.15) is 28.8 Å². The Kier molecular flexibility index (Phi) is 7.33. The number of nitro groups is 1. The van der Waals surface area contributed by atoms with Gasteiger partial charge in [0.25, 0.3) is 23.4 Å². The fourth-order valence-corrected chi connectivity index (χ4v) is 6.02. The zero-order valence-electron chi connectivity index (χ0n) is 17.4. The standard InChI is InChI=1S/C22H17Br2Cl2N3O5/c23-16-8-14-15(9-17(16)24)22(32)28(21(14)31)27(10-11-5-6-12(25)7-18(11)26)20(30)13-3-1-2-4-19(13)29(33)34/h1-7,14-17H,8-10H2/t14-,15+,16-,17-/m0/s1. The number of carbonyl (C=O) groups excluding carboxylic acids is 3. The van der Waals surface area contributed by atoms with Gasteiger partial charge in [-0.15, -0.1) is 0 Å². The molecule has 34 heavy (non-hydrogen) atoms. The molecule has 2 aromatic rings. The summed E-state index contributed by atoms with van der Waals surface area (Å²) in [5, 5.41) is 14.0. The van der Waals surface area contributed by atoms with Crippen LogP contribution in [0.4, 0.5) is 5.69 Å². The minimum atomic E-state index is -0.857. The number of benzene rings is 2. The highest BCUT2D eigenvalue weighted by Gasteiger charge is 2.54. The van der Waals surface area contributed by atoms with Crippen LogP contribution in [-0.2, 0) is 16.1 Å². The van der Waals surface area contributed by atoms with Gasteiger partial charge in [-0.25, -0.2) is 5.01 Å². The molecule has 178 valence electrons. The number of hydrogen-bond acceptors (Lipinski definition) is 5. The van der Waals surface area contributed by atoms with Gasteiger partial charge in [-0.1, -0.05) is 73.3 Å². The summed E-state index contributed by atoms with van der Waals surface area (Å²) in [5.41, 5.74) is -0.257. The zero-order valence-corrected chi connectivity index (χ0v) is 22.1. The third-order valence-corrected chi connectivity index (χ3v) is 9.35. The molecule has 0 bridgehead atoms. The summed E-state index contributed by atoms with van der Waals surface area (Å²) in [5.74, 6) is -3.10. The first-order valence-electron chi connectivity index (χ1n) is 10.2. The van der Waals surface area contributed by atoms with Crippen molar-refractivity contribution in [2.75, 3.05) is 0 Å². The summed E-state index contributed by atoms with van der Waals surface area (Å²) in [7, 11) is 0. The summed E-state index contributed by atoms with van der Waals surface area (Å²) in [4.78, 5) is 51.3. The van der Waals surface area contributed by atoms with Crippen molar-refractivity contribution < 1.29 is 19.3 Å². The van der Waals surface area contributed by atoms with Crippen LogP contribution in [-0.4, -0.2) is 42.3 Å². The molecule has 2 aromatic carbocycles. The maximum atomic E-state index is 13.7. The van der Waals surface area contributed by atoms with Gasteiger partial charge in [0.05, 0.1) is 23.3 Å². The molecule has 2 aliphatic rings. The molecule has 0 aromatic heterocycles. The van der Waals surface area contributed by atoms with Crippen LogP contribution in [0.3, 0.4) is 0 Å². The van der Waals surface area contributed by atoms with Crippen LogP contribution in [0.25, 0.3) is 0 Å². The summed E-state index contributed by atoms with van der Waals surface area (Å²) in [6, 6.07) is 10.0. The molecule has 1 aliphatic carbocycles. The molecule has 3 amide bonds. The normalized spacial score (nSPS) is 24.2. The maximum absolute atomic E-state index is 13.7. The molecule has 12 heteroatoms. The lowest BCUT2D eigenvalue weighted by Crippen LogP contribution is -2.50. The predicted octanol–water partition coefficient (Wildman–Crippen LogP) is 5.38. The molecule has 8 nitrogen and oxygen atoms in total. The molecule has 4 rings (SSSR count). The van der Waals surface area contributed by atoms with Crippen molar-refractivity contribution >= 4 is 78.5 Å². The summed E-state index contributed by atoms with van der Waals surface area (Å²) in [6.07, 6.45) is 0.827. The lowest BCUT2D eigenvalue weighted by molar-refractivity contribution is -0.385. The van der Waals surface area contributed by atoms with E-state index >= 15 is 0 Å². The van der Waals surface area contributed by atoms with Crippen LogP contribution < -0.4 is 0 Å². The molecule has 0 N–H and O–H groups in total. The zero-order chi connectivity index (χ0) is 24.7. The van der Waals surface area contributed by atoms with Gasteiger partial charge in [0.15, 0.2) is 0 Å². The minimum Gasteiger partial charge on any atom is -0.272 e. The second-order valence-corrected chi connectivity index (χ2v) is 11.3. The van der Waals surface area contributed by atoms with Gasteiger partial charge in [-0.2, -0.15) is 5.01 Å². The molecular formula is C22H17Br2Cl2N3O5. The highest BCUT2D eigenvalue weighted by molar-refractivity contribution is 9.12. The minimum absolute atomic E-state index is 0.0180. The van der Waals surface area contributed by atoms with Gasteiger partial charge >= 0.3 is 0 Å². The van der Waals surface area contributed by atoms with Gasteiger partial charge in [0.1, 0.15) is 5.56 Å². The number of para-hydroxylation sites is 1. The summed E-state index contributed by atoms with van der Waals surface area (Å²) < 4.78 is 0. The van der Waals surface area contributed by atoms with E-state index in [0.717, 1.165) is 10.0 Å². The Labute approximate surface area is 221 Å². The van der Waals surface area contributed by atoms with Gasteiger partial charge in [0.2, 0.25) is 0 Å². The van der Waals surface area contributed by atoms with Gasteiger partial charge < -0.3 is 0 Å². The molecule has 1 aliphatic heterocycles. The molecule has 0 unspecified atom stereocenters. The number of halogens is 4. The topological polar surface area (TPSA) is 101 Å². The molecule has 0 radical (unpaired) electrons. The number of alkyl halides is 2. The number of nitrogens with zero attached hydrogens (tertiary/aromatic N) is 3. The summed E-state index contributed by atoms with van der Waals surface area (Å²) in [6.45, 7) is -0.257. The largest absolute Gasteiger partial charge is 0.282 e. The molecular weight excluding hydrogens is 617 g/mol. The van der Waals surface area contributed by atoms with Crippen LogP contribution in [0, 0.1) is 22.0 Å². The number of carbonyl (C=O) groups is 3. The van der Waals surface area contributed by atoms with Crippen LogP contribution in [0.15, 0.2) is 42.5 Å². The Morgan fingerprint density at radius 3 is 2.21 bits per heavy atom. The number of amides is 3. The smallest absolute Gasteiger partial charge is 0.272 e.